The molecule has 1 heterocycles. The third-order valence-corrected chi connectivity index (χ3v) is 6.29. The number of aromatic amines is 1. The molecular weight excluding hydrogens is 537 g/mol. The molecule has 0 fully saturated rings. The lowest BCUT2D eigenvalue weighted by Gasteiger charge is -2.22. The summed E-state index contributed by atoms with van der Waals surface area (Å²) in [5.41, 5.74) is 2.28. The second kappa shape index (κ2) is 12.2. The summed E-state index contributed by atoms with van der Waals surface area (Å²) in [6, 6.07) is 15.5. The first kappa shape index (κ1) is 30.6. The lowest BCUT2D eigenvalue weighted by Crippen LogP contribution is -2.34. The molecule has 1 amide bonds. The van der Waals surface area contributed by atoms with E-state index < -0.39 is 29.2 Å². The number of benzene rings is 3. The number of rotatable bonds is 8. The maximum absolute atomic E-state index is 15.9. The molecule has 0 aliphatic carbocycles. The van der Waals surface area contributed by atoms with Gasteiger partial charge >= 0.3 is 12.1 Å². The van der Waals surface area contributed by atoms with Crippen LogP contribution in [0.25, 0.3) is 22.0 Å². The van der Waals surface area contributed by atoms with Crippen molar-refractivity contribution in [3.05, 3.63) is 83.3 Å². The van der Waals surface area contributed by atoms with Crippen LogP contribution in [0.5, 0.6) is 5.75 Å². The van der Waals surface area contributed by atoms with Gasteiger partial charge in [0.05, 0.1) is 24.2 Å². The number of hydrogen-bond donors (Lipinski definition) is 2. The van der Waals surface area contributed by atoms with Crippen molar-refractivity contribution in [2.75, 3.05) is 0 Å². The van der Waals surface area contributed by atoms with Crippen LogP contribution in [0.3, 0.4) is 0 Å². The second-order valence-corrected chi connectivity index (χ2v) is 12.2. The van der Waals surface area contributed by atoms with Gasteiger partial charge in [-0.15, -0.1) is 0 Å². The number of nitrogens with one attached hydrogen (secondary N) is 2. The smallest absolute Gasteiger partial charge is 0.408 e. The molecule has 1 atom stereocenters. The Hall–Kier alpha value is -4.40. The molecule has 0 saturated carbocycles. The van der Waals surface area contributed by atoms with E-state index in [0.29, 0.717) is 28.0 Å². The highest BCUT2D eigenvalue weighted by Crippen LogP contribution is 2.32. The summed E-state index contributed by atoms with van der Waals surface area (Å²) >= 11 is 0. The van der Waals surface area contributed by atoms with Crippen LogP contribution >= 0.6 is 0 Å². The fourth-order valence-electron chi connectivity index (χ4n) is 4.55. The standard InChI is InChI=1S/C33H38FN3O5/c1-20(36-31(39)42-33(5,6)7)24-12-10-13-25(30(24)34)22-15-23(26-18-35-37-27(26)16-22)19-40-28-14-9-8-11-21(28)17-29(38)41-32(2,3)4/h8-16,18,20H,17,19H2,1-7H3,(H,35,37)(H,36,39). The number of amides is 1. The first-order chi connectivity index (χ1) is 19.7. The van der Waals surface area contributed by atoms with Crippen molar-refractivity contribution in [1.29, 1.82) is 0 Å². The molecule has 9 heteroatoms. The van der Waals surface area contributed by atoms with E-state index in [1.807, 2.05) is 51.1 Å². The minimum Gasteiger partial charge on any atom is -0.489 e. The van der Waals surface area contributed by atoms with Crippen LogP contribution in [0.1, 0.15) is 71.2 Å². The van der Waals surface area contributed by atoms with Crippen molar-refractivity contribution in [3.8, 4) is 16.9 Å². The van der Waals surface area contributed by atoms with Crippen molar-refractivity contribution in [1.82, 2.24) is 15.5 Å². The number of H-pyrrole nitrogens is 1. The molecule has 1 aromatic heterocycles. The molecule has 1 unspecified atom stereocenters. The predicted octanol–water partition coefficient (Wildman–Crippen LogP) is 7.42. The number of hydrogen-bond acceptors (Lipinski definition) is 6. The lowest BCUT2D eigenvalue weighted by atomic mass is 9.96. The normalized spacial score (nSPS) is 12.6. The van der Waals surface area contributed by atoms with E-state index in [-0.39, 0.29) is 19.0 Å². The third kappa shape index (κ3) is 7.87. The monoisotopic (exact) mass is 575 g/mol. The molecule has 0 spiro atoms. The SMILES string of the molecule is CC(NC(=O)OC(C)(C)C)c1cccc(-c2cc(COc3ccccc3CC(=O)OC(C)(C)C)c3cn[nH]c3c2)c1F. The maximum atomic E-state index is 15.9. The van der Waals surface area contributed by atoms with Crippen LogP contribution < -0.4 is 10.1 Å². The topological polar surface area (TPSA) is 103 Å². The number of para-hydroxylation sites is 1. The Balaban J connectivity index is 1.59. The van der Waals surface area contributed by atoms with Crippen molar-refractivity contribution < 1.29 is 28.2 Å². The summed E-state index contributed by atoms with van der Waals surface area (Å²) in [4.78, 5) is 24.8. The van der Waals surface area contributed by atoms with E-state index in [2.05, 4.69) is 15.5 Å². The van der Waals surface area contributed by atoms with Gasteiger partial charge < -0.3 is 19.5 Å². The molecule has 4 aromatic rings. The summed E-state index contributed by atoms with van der Waals surface area (Å²) < 4.78 is 32.9. The maximum Gasteiger partial charge on any atom is 0.408 e. The number of carbonyl (C=O) groups excluding carboxylic acids is 2. The van der Waals surface area contributed by atoms with Crippen molar-refractivity contribution >= 4 is 23.0 Å². The van der Waals surface area contributed by atoms with Crippen LogP contribution in [-0.2, 0) is 27.3 Å². The zero-order valence-corrected chi connectivity index (χ0v) is 25.1. The van der Waals surface area contributed by atoms with E-state index in [1.54, 1.807) is 58.2 Å². The predicted molar refractivity (Wildman–Crippen MR) is 160 cm³/mol. The molecule has 42 heavy (non-hydrogen) atoms. The molecule has 0 bridgehead atoms. The van der Waals surface area contributed by atoms with Gasteiger partial charge in [0, 0.05) is 27.6 Å². The molecule has 0 radical (unpaired) electrons. The summed E-state index contributed by atoms with van der Waals surface area (Å²) in [5, 5.41) is 10.7. The molecule has 2 N–H and O–H groups in total. The van der Waals surface area contributed by atoms with Gasteiger partial charge in [-0.2, -0.15) is 5.10 Å². The van der Waals surface area contributed by atoms with E-state index in [0.717, 1.165) is 16.5 Å². The fraction of sp³-hybridized carbons (Fsp3) is 0.364. The number of nitrogens with zero attached hydrogens (tertiary/aromatic N) is 1. The van der Waals surface area contributed by atoms with E-state index in [9.17, 15) is 9.59 Å². The highest BCUT2D eigenvalue weighted by molar-refractivity contribution is 5.87. The summed E-state index contributed by atoms with van der Waals surface area (Å²) in [7, 11) is 0. The minimum atomic E-state index is -0.668. The van der Waals surface area contributed by atoms with Gasteiger partial charge in [-0.3, -0.25) is 9.89 Å². The van der Waals surface area contributed by atoms with Crippen LogP contribution in [-0.4, -0.2) is 33.5 Å². The molecule has 0 aliphatic heterocycles. The molecule has 222 valence electrons. The number of carbonyl (C=O) groups is 2. The first-order valence-electron chi connectivity index (χ1n) is 13.9. The molecule has 0 saturated heterocycles. The second-order valence-electron chi connectivity index (χ2n) is 12.2. The highest BCUT2D eigenvalue weighted by Gasteiger charge is 2.22. The number of fused-ring (bicyclic) bond motifs is 1. The Bertz CT molecular complexity index is 1580. The highest BCUT2D eigenvalue weighted by atomic mass is 19.1. The Morgan fingerprint density at radius 2 is 1.67 bits per heavy atom. The van der Waals surface area contributed by atoms with E-state index in [4.69, 9.17) is 14.2 Å². The van der Waals surface area contributed by atoms with E-state index >= 15 is 4.39 Å². The van der Waals surface area contributed by atoms with Gasteiger partial charge in [0.15, 0.2) is 0 Å². The number of ether oxygens (including phenoxy) is 3. The quantitative estimate of drug-likeness (QED) is 0.212. The molecule has 8 nitrogen and oxygen atoms in total. The van der Waals surface area contributed by atoms with E-state index in [1.165, 1.54) is 0 Å². The largest absolute Gasteiger partial charge is 0.489 e. The average molecular weight is 576 g/mol. The van der Waals surface area contributed by atoms with Gasteiger partial charge in [0.1, 0.15) is 29.4 Å². The van der Waals surface area contributed by atoms with Gasteiger partial charge in [-0.05, 0) is 72.2 Å². The van der Waals surface area contributed by atoms with Crippen LogP contribution in [0.15, 0.2) is 60.8 Å². The third-order valence-electron chi connectivity index (χ3n) is 6.29. The van der Waals surface area contributed by atoms with Gasteiger partial charge in [0.2, 0.25) is 0 Å². The summed E-state index contributed by atoms with van der Waals surface area (Å²) in [5.74, 6) is -0.237. The Morgan fingerprint density at radius 1 is 0.952 bits per heavy atom. The zero-order chi connectivity index (χ0) is 30.7. The minimum absolute atomic E-state index is 0.0716. The molecular formula is C33H38FN3O5. The number of esters is 1. The van der Waals surface area contributed by atoms with Crippen LogP contribution in [0, 0.1) is 5.82 Å². The Morgan fingerprint density at radius 3 is 2.38 bits per heavy atom. The zero-order valence-electron chi connectivity index (χ0n) is 25.1. The average Bonchev–Trinajstić information content (AvgIpc) is 3.34. The number of halogens is 1. The van der Waals surface area contributed by atoms with Crippen molar-refractivity contribution in [2.45, 2.75) is 78.7 Å². The number of alkyl carbamates (subject to hydrolysis) is 1. The van der Waals surface area contributed by atoms with Gasteiger partial charge in [-0.1, -0.05) is 36.4 Å². The van der Waals surface area contributed by atoms with Gasteiger partial charge in [0.25, 0.3) is 0 Å². The van der Waals surface area contributed by atoms with Crippen molar-refractivity contribution in [3.63, 3.8) is 0 Å². The van der Waals surface area contributed by atoms with Crippen LogP contribution in [0.4, 0.5) is 9.18 Å². The van der Waals surface area contributed by atoms with Gasteiger partial charge in [-0.25, -0.2) is 9.18 Å². The summed E-state index contributed by atoms with van der Waals surface area (Å²) in [6.45, 7) is 12.7. The lowest BCUT2D eigenvalue weighted by molar-refractivity contribution is -0.153. The Kier molecular flexibility index (Phi) is 8.89. The van der Waals surface area contributed by atoms with Crippen LogP contribution in [0.2, 0.25) is 0 Å². The molecule has 0 aliphatic rings. The fourth-order valence-corrected chi connectivity index (χ4v) is 4.55. The van der Waals surface area contributed by atoms with Crippen molar-refractivity contribution in [2.24, 2.45) is 0 Å². The first-order valence-corrected chi connectivity index (χ1v) is 13.9. The Labute approximate surface area is 245 Å². The summed E-state index contributed by atoms with van der Waals surface area (Å²) in [6.07, 6.45) is 1.15. The molecule has 4 rings (SSSR count). The molecule has 3 aromatic carbocycles. The number of aromatic nitrogens is 2.